The van der Waals surface area contributed by atoms with Crippen LogP contribution < -0.4 is 11.1 Å². The summed E-state index contributed by atoms with van der Waals surface area (Å²) in [5.41, 5.74) is 7.55. The first kappa shape index (κ1) is 18.0. The highest BCUT2D eigenvalue weighted by Crippen LogP contribution is 2.51. The zero-order valence-corrected chi connectivity index (χ0v) is 14.0. The Morgan fingerprint density at radius 2 is 1.81 bits per heavy atom. The number of rotatable bonds is 6. The lowest BCUT2D eigenvalue weighted by molar-refractivity contribution is -0.125. The molecule has 3 nitrogen and oxygen atoms in total. The van der Waals surface area contributed by atoms with E-state index in [0.717, 1.165) is 12.1 Å². The fourth-order valence-corrected chi connectivity index (χ4v) is 2.67. The van der Waals surface area contributed by atoms with Crippen molar-refractivity contribution in [2.45, 2.75) is 39.7 Å². The summed E-state index contributed by atoms with van der Waals surface area (Å²) in [5, 5.41) is 3.10. The van der Waals surface area contributed by atoms with Crippen LogP contribution in [-0.2, 0) is 4.79 Å². The number of hydrogen-bond acceptors (Lipinski definition) is 2. The highest BCUT2D eigenvalue weighted by Gasteiger charge is 2.45. The number of nitrogens with two attached hydrogens (primary N) is 1. The molecule has 4 heteroatoms. The van der Waals surface area contributed by atoms with E-state index in [9.17, 15) is 4.79 Å². The number of nitrogens with one attached hydrogen (secondary N) is 1. The summed E-state index contributed by atoms with van der Waals surface area (Å²) in [6.45, 7) is 7.16. The van der Waals surface area contributed by atoms with Crippen molar-refractivity contribution in [2.75, 3.05) is 6.54 Å². The molecule has 0 radical (unpaired) electrons. The fraction of sp³-hybridized carbons (Fsp3) is 0.588. The van der Waals surface area contributed by atoms with Gasteiger partial charge >= 0.3 is 0 Å². The van der Waals surface area contributed by atoms with Gasteiger partial charge in [-0.05, 0) is 29.7 Å². The van der Waals surface area contributed by atoms with Crippen LogP contribution in [0.3, 0.4) is 0 Å². The van der Waals surface area contributed by atoms with Gasteiger partial charge in [0, 0.05) is 12.6 Å². The van der Waals surface area contributed by atoms with Crippen LogP contribution in [0.1, 0.15) is 45.2 Å². The Morgan fingerprint density at radius 1 is 1.24 bits per heavy atom. The molecule has 2 atom stereocenters. The monoisotopic (exact) mass is 310 g/mol. The lowest BCUT2D eigenvalue weighted by atomic mass is 9.91. The van der Waals surface area contributed by atoms with Crippen molar-refractivity contribution >= 4 is 18.3 Å². The van der Waals surface area contributed by atoms with Crippen LogP contribution >= 0.6 is 12.4 Å². The minimum atomic E-state index is -0.245. The van der Waals surface area contributed by atoms with Crippen LogP contribution in [-0.4, -0.2) is 12.5 Å². The van der Waals surface area contributed by atoms with Gasteiger partial charge in [-0.3, -0.25) is 4.79 Å². The number of hydrogen-bond donors (Lipinski definition) is 2. The van der Waals surface area contributed by atoms with Gasteiger partial charge in [-0.1, -0.05) is 51.1 Å². The Kier molecular flexibility index (Phi) is 6.24. The Morgan fingerprint density at radius 3 is 2.29 bits per heavy atom. The standard InChI is InChI=1S/C17H26N2O.ClH/c1-12(2)17(9-10-17)11-19-16(20)13(3)15(18)14-7-5-4-6-8-14;/h4-8,12-13,15H,9-11,18H2,1-3H3,(H,19,20);1H. The van der Waals surface area contributed by atoms with Crippen LogP contribution in [0.2, 0.25) is 0 Å². The minimum absolute atomic E-state index is 0. The summed E-state index contributed by atoms with van der Waals surface area (Å²) in [6, 6.07) is 9.58. The Bertz CT molecular complexity index is 457. The molecule has 1 amide bonds. The lowest BCUT2D eigenvalue weighted by Crippen LogP contribution is -2.39. The fourth-order valence-electron chi connectivity index (χ4n) is 2.67. The summed E-state index contributed by atoms with van der Waals surface area (Å²) >= 11 is 0. The van der Waals surface area contributed by atoms with E-state index < -0.39 is 0 Å². The van der Waals surface area contributed by atoms with Crippen LogP contribution in [0, 0.1) is 17.3 Å². The van der Waals surface area contributed by atoms with Crippen molar-refractivity contribution in [2.24, 2.45) is 23.0 Å². The molecular weight excluding hydrogens is 284 g/mol. The summed E-state index contributed by atoms with van der Waals surface area (Å²) < 4.78 is 0. The van der Waals surface area contributed by atoms with E-state index in [2.05, 4.69) is 19.2 Å². The van der Waals surface area contributed by atoms with Crippen molar-refractivity contribution < 1.29 is 4.79 Å². The maximum atomic E-state index is 12.3. The number of carbonyl (C=O) groups is 1. The van der Waals surface area contributed by atoms with Crippen LogP contribution in [0.25, 0.3) is 0 Å². The molecule has 0 saturated heterocycles. The molecule has 1 fully saturated rings. The number of amides is 1. The van der Waals surface area contributed by atoms with Gasteiger partial charge in [-0.2, -0.15) is 0 Å². The maximum absolute atomic E-state index is 12.3. The highest BCUT2D eigenvalue weighted by molar-refractivity contribution is 5.85. The largest absolute Gasteiger partial charge is 0.355 e. The summed E-state index contributed by atoms with van der Waals surface area (Å²) in [6.07, 6.45) is 2.45. The first-order chi connectivity index (χ1) is 9.46. The Hall–Kier alpha value is -1.06. The van der Waals surface area contributed by atoms with E-state index in [1.807, 2.05) is 37.3 Å². The SMILES string of the molecule is CC(C(=O)NCC1(C(C)C)CC1)C(N)c1ccccc1.Cl. The van der Waals surface area contributed by atoms with Gasteiger partial charge in [0.25, 0.3) is 0 Å². The van der Waals surface area contributed by atoms with E-state index in [1.54, 1.807) is 0 Å². The summed E-state index contributed by atoms with van der Waals surface area (Å²) in [7, 11) is 0. The molecule has 1 saturated carbocycles. The first-order valence-electron chi connectivity index (χ1n) is 7.54. The molecular formula is C17H27ClN2O. The highest BCUT2D eigenvalue weighted by atomic mass is 35.5. The van der Waals surface area contributed by atoms with Gasteiger partial charge < -0.3 is 11.1 Å². The molecule has 1 aliphatic carbocycles. The summed E-state index contributed by atoms with van der Waals surface area (Å²) in [5.74, 6) is 0.481. The van der Waals surface area contributed by atoms with E-state index in [4.69, 9.17) is 5.73 Å². The van der Waals surface area contributed by atoms with E-state index in [0.29, 0.717) is 11.3 Å². The molecule has 21 heavy (non-hydrogen) atoms. The van der Waals surface area contributed by atoms with Crippen LogP contribution in [0.4, 0.5) is 0 Å². The number of carbonyl (C=O) groups excluding carboxylic acids is 1. The van der Waals surface area contributed by atoms with Gasteiger partial charge in [0.15, 0.2) is 0 Å². The van der Waals surface area contributed by atoms with Crippen molar-refractivity contribution in [3.63, 3.8) is 0 Å². The molecule has 0 spiro atoms. The molecule has 1 aromatic carbocycles. The van der Waals surface area contributed by atoms with Crippen LogP contribution in [0.15, 0.2) is 30.3 Å². The molecule has 2 unspecified atom stereocenters. The van der Waals surface area contributed by atoms with Gasteiger partial charge in [-0.15, -0.1) is 12.4 Å². The molecule has 118 valence electrons. The predicted octanol–water partition coefficient (Wildman–Crippen LogP) is 3.30. The van der Waals surface area contributed by atoms with Gasteiger partial charge in [0.1, 0.15) is 0 Å². The van der Waals surface area contributed by atoms with E-state index in [1.165, 1.54) is 12.8 Å². The molecule has 0 bridgehead atoms. The third-order valence-corrected chi connectivity index (χ3v) is 4.87. The van der Waals surface area contributed by atoms with Gasteiger partial charge in [-0.25, -0.2) is 0 Å². The van der Waals surface area contributed by atoms with E-state index >= 15 is 0 Å². The molecule has 1 aliphatic rings. The van der Waals surface area contributed by atoms with Crippen molar-refractivity contribution in [1.82, 2.24) is 5.32 Å². The van der Waals surface area contributed by atoms with Crippen LogP contribution in [0.5, 0.6) is 0 Å². The summed E-state index contributed by atoms with van der Waals surface area (Å²) in [4.78, 5) is 12.3. The molecule has 2 rings (SSSR count). The minimum Gasteiger partial charge on any atom is -0.355 e. The van der Waals surface area contributed by atoms with Gasteiger partial charge in [0.05, 0.1) is 5.92 Å². The van der Waals surface area contributed by atoms with Crippen molar-refractivity contribution in [3.05, 3.63) is 35.9 Å². The molecule has 1 aromatic rings. The Balaban J connectivity index is 0.00000220. The second-order valence-electron chi connectivity index (χ2n) is 6.46. The smallest absolute Gasteiger partial charge is 0.224 e. The van der Waals surface area contributed by atoms with Crippen molar-refractivity contribution in [1.29, 1.82) is 0 Å². The molecule has 0 heterocycles. The quantitative estimate of drug-likeness (QED) is 0.847. The average Bonchev–Trinajstić information content (AvgIpc) is 3.25. The topological polar surface area (TPSA) is 55.1 Å². The van der Waals surface area contributed by atoms with Crippen molar-refractivity contribution in [3.8, 4) is 0 Å². The average molecular weight is 311 g/mol. The molecule has 0 aliphatic heterocycles. The lowest BCUT2D eigenvalue weighted by Gasteiger charge is -2.24. The number of halogens is 1. The zero-order chi connectivity index (χ0) is 14.8. The predicted molar refractivity (Wildman–Crippen MR) is 89.3 cm³/mol. The third-order valence-electron chi connectivity index (χ3n) is 4.87. The Labute approximate surface area is 134 Å². The maximum Gasteiger partial charge on any atom is 0.224 e. The molecule has 0 aromatic heterocycles. The normalized spacial score (nSPS) is 18.5. The third kappa shape index (κ3) is 4.21. The van der Waals surface area contributed by atoms with E-state index in [-0.39, 0.29) is 30.3 Å². The second-order valence-corrected chi connectivity index (χ2v) is 6.46. The second kappa shape index (κ2) is 7.28. The van der Waals surface area contributed by atoms with Gasteiger partial charge in [0.2, 0.25) is 5.91 Å². The zero-order valence-electron chi connectivity index (χ0n) is 13.1. The first-order valence-corrected chi connectivity index (χ1v) is 7.54. The molecule has 3 N–H and O–H groups in total. The number of benzene rings is 1.